The van der Waals surface area contributed by atoms with Crippen LogP contribution < -0.4 is 20.3 Å². The predicted octanol–water partition coefficient (Wildman–Crippen LogP) is 5.81. The Hall–Kier alpha value is -4.42. The Labute approximate surface area is 238 Å². The molecule has 1 saturated heterocycles. The normalized spacial score (nSPS) is 14.7. The van der Waals surface area contributed by atoms with Gasteiger partial charge in [-0.3, -0.25) is 4.79 Å². The van der Waals surface area contributed by atoms with Gasteiger partial charge in [0.25, 0.3) is 0 Å². The number of anilines is 2. The number of carbonyl (C=O) groups is 2. The van der Waals surface area contributed by atoms with E-state index in [9.17, 15) is 35.9 Å². The van der Waals surface area contributed by atoms with E-state index in [-0.39, 0.29) is 12.5 Å². The molecule has 1 aliphatic rings. The average Bonchev–Trinajstić information content (AvgIpc) is 2.96. The smallest absolute Gasteiger partial charge is 0.416 e. The van der Waals surface area contributed by atoms with Crippen LogP contribution in [0.15, 0.2) is 72.8 Å². The Morgan fingerprint density at radius 3 is 1.98 bits per heavy atom. The molecule has 3 aromatic carbocycles. The molecule has 1 fully saturated rings. The second-order valence-corrected chi connectivity index (χ2v) is 9.62. The summed E-state index contributed by atoms with van der Waals surface area (Å²) in [6, 6.07) is 14.7. The van der Waals surface area contributed by atoms with Gasteiger partial charge in [-0.25, -0.2) is 4.79 Å². The van der Waals surface area contributed by atoms with Gasteiger partial charge in [0.05, 0.1) is 23.9 Å². The molecule has 0 radical (unpaired) electrons. The summed E-state index contributed by atoms with van der Waals surface area (Å²) < 4.78 is 85.0. The lowest BCUT2D eigenvalue weighted by Crippen LogP contribution is -2.56. The van der Waals surface area contributed by atoms with E-state index in [0.717, 1.165) is 5.69 Å². The molecule has 1 unspecified atom stereocenters. The summed E-state index contributed by atoms with van der Waals surface area (Å²) in [5.74, 6) is 0.245. The lowest BCUT2D eigenvalue weighted by Gasteiger charge is -2.38. The molecule has 1 atom stereocenters. The van der Waals surface area contributed by atoms with Crippen molar-refractivity contribution in [1.82, 2.24) is 10.2 Å². The number of urea groups is 1. The van der Waals surface area contributed by atoms with Crippen LogP contribution in [0.4, 0.5) is 42.5 Å². The highest BCUT2D eigenvalue weighted by Gasteiger charge is 2.37. The molecule has 0 aliphatic carbocycles. The fourth-order valence-electron chi connectivity index (χ4n) is 4.68. The van der Waals surface area contributed by atoms with Crippen LogP contribution in [0.25, 0.3) is 0 Å². The van der Waals surface area contributed by atoms with Gasteiger partial charge >= 0.3 is 18.4 Å². The van der Waals surface area contributed by atoms with E-state index < -0.39 is 47.1 Å². The molecule has 2 N–H and O–H groups in total. The van der Waals surface area contributed by atoms with E-state index in [1.165, 1.54) is 0 Å². The number of piperazine rings is 1. The molecular weight excluding hydrogens is 566 g/mol. The minimum absolute atomic E-state index is 0.0322. The van der Waals surface area contributed by atoms with Gasteiger partial charge in [-0.1, -0.05) is 42.5 Å². The van der Waals surface area contributed by atoms with Gasteiger partial charge in [0.2, 0.25) is 5.91 Å². The second kappa shape index (κ2) is 12.6. The molecule has 1 aliphatic heterocycles. The SMILES string of the molecule is COc1ccccc1N1CCN(C(=O)C(Cc2ccccc2)NC(=O)Nc2cc(C(F)(F)F)cc(C(F)(F)F)c2)CC1. The summed E-state index contributed by atoms with van der Waals surface area (Å²) in [6.45, 7) is 1.57. The van der Waals surface area contributed by atoms with Crippen LogP contribution in [-0.4, -0.2) is 56.2 Å². The number of hydrogen-bond donors (Lipinski definition) is 2. The number of hydrogen-bond acceptors (Lipinski definition) is 4. The Balaban J connectivity index is 1.50. The van der Waals surface area contributed by atoms with Gasteiger partial charge in [0, 0.05) is 38.3 Å². The minimum Gasteiger partial charge on any atom is -0.495 e. The van der Waals surface area contributed by atoms with Crippen molar-refractivity contribution in [3.63, 3.8) is 0 Å². The fourth-order valence-corrected chi connectivity index (χ4v) is 4.68. The highest BCUT2D eigenvalue weighted by molar-refractivity contribution is 5.94. The molecule has 3 amide bonds. The number of rotatable bonds is 7. The fraction of sp³-hybridized carbons (Fsp3) is 0.310. The zero-order valence-corrected chi connectivity index (χ0v) is 22.4. The molecule has 0 bridgehead atoms. The van der Waals surface area contributed by atoms with Crippen molar-refractivity contribution in [1.29, 1.82) is 0 Å². The summed E-state index contributed by atoms with van der Waals surface area (Å²) in [4.78, 5) is 30.0. The Morgan fingerprint density at radius 2 is 1.40 bits per heavy atom. The third kappa shape index (κ3) is 7.65. The van der Waals surface area contributed by atoms with Gasteiger partial charge in [0.15, 0.2) is 0 Å². The average molecular weight is 595 g/mol. The number of amides is 3. The molecule has 7 nitrogen and oxygen atoms in total. The van der Waals surface area contributed by atoms with Crippen LogP contribution in [0.5, 0.6) is 5.75 Å². The third-order valence-corrected chi connectivity index (χ3v) is 6.75. The minimum atomic E-state index is -5.08. The zero-order valence-electron chi connectivity index (χ0n) is 22.4. The van der Waals surface area contributed by atoms with Crippen LogP contribution in [0.3, 0.4) is 0 Å². The van der Waals surface area contributed by atoms with Crippen LogP contribution in [-0.2, 0) is 23.6 Å². The zero-order chi connectivity index (χ0) is 30.5. The summed E-state index contributed by atoms with van der Waals surface area (Å²) in [5.41, 5.74) is -2.30. The topological polar surface area (TPSA) is 73.9 Å². The monoisotopic (exact) mass is 594 g/mol. The van der Waals surface area contributed by atoms with Gasteiger partial charge in [-0.15, -0.1) is 0 Å². The number of nitrogens with zero attached hydrogens (tertiary/aromatic N) is 2. The van der Waals surface area contributed by atoms with E-state index in [0.29, 0.717) is 49.6 Å². The number of carbonyl (C=O) groups excluding carboxylic acids is 2. The molecule has 42 heavy (non-hydrogen) atoms. The molecule has 0 spiro atoms. The number of halogens is 6. The first-order valence-electron chi connectivity index (χ1n) is 12.9. The maximum absolute atomic E-state index is 13.6. The van der Waals surface area contributed by atoms with E-state index in [4.69, 9.17) is 4.74 Å². The van der Waals surface area contributed by atoms with Gasteiger partial charge in [0.1, 0.15) is 11.8 Å². The summed E-state index contributed by atoms with van der Waals surface area (Å²) >= 11 is 0. The molecule has 1 heterocycles. The lowest BCUT2D eigenvalue weighted by atomic mass is 10.0. The Kier molecular flexibility index (Phi) is 9.17. The van der Waals surface area contributed by atoms with Gasteiger partial charge < -0.3 is 25.2 Å². The number of methoxy groups -OCH3 is 1. The van der Waals surface area contributed by atoms with E-state index in [2.05, 4.69) is 10.2 Å². The van der Waals surface area contributed by atoms with Crippen molar-refractivity contribution in [3.8, 4) is 5.75 Å². The molecule has 3 aromatic rings. The number of ether oxygens (including phenoxy) is 1. The molecule has 224 valence electrons. The van der Waals surface area contributed by atoms with Crippen molar-refractivity contribution in [2.75, 3.05) is 43.5 Å². The third-order valence-electron chi connectivity index (χ3n) is 6.75. The summed E-state index contributed by atoms with van der Waals surface area (Å²) in [6.07, 6.45) is -10.1. The van der Waals surface area contributed by atoms with Crippen molar-refractivity contribution in [2.24, 2.45) is 0 Å². The molecular formula is C29H28F6N4O3. The van der Waals surface area contributed by atoms with Crippen LogP contribution in [0.1, 0.15) is 16.7 Å². The summed E-state index contributed by atoms with van der Waals surface area (Å²) in [5, 5.41) is 4.49. The predicted molar refractivity (Wildman–Crippen MR) is 144 cm³/mol. The molecule has 13 heteroatoms. The first-order chi connectivity index (χ1) is 19.8. The quantitative estimate of drug-likeness (QED) is 0.339. The van der Waals surface area contributed by atoms with Crippen molar-refractivity contribution >= 4 is 23.3 Å². The number of benzene rings is 3. The molecule has 0 saturated carbocycles. The molecule has 0 aromatic heterocycles. The number of nitrogens with one attached hydrogen (secondary N) is 2. The van der Waals surface area contributed by atoms with Gasteiger partial charge in [-0.2, -0.15) is 26.3 Å². The maximum Gasteiger partial charge on any atom is 0.416 e. The molecule has 4 rings (SSSR count). The second-order valence-electron chi connectivity index (χ2n) is 9.62. The highest BCUT2D eigenvalue weighted by atomic mass is 19.4. The van der Waals surface area contributed by atoms with Crippen molar-refractivity contribution < 1.29 is 40.7 Å². The van der Waals surface area contributed by atoms with E-state index in [1.807, 2.05) is 29.6 Å². The first kappa shape index (κ1) is 30.5. The van der Waals surface area contributed by atoms with Crippen molar-refractivity contribution in [2.45, 2.75) is 24.8 Å². The van der Waals surface area contributed by atoms with Crippen molar-refractivity contribution in [3.05, 3.63) is 89.5 Å². The first-order valence-corrected chi connectivity index (χ1v) is 12.9. The Morgan fingerprint density at radius 1 is 0.833 bits per heavy atom. The standard InChI is InChI=1S/C29H28F6N4O3/c1-42-25-10-6-5-9-24(25)38-11-13-39(14-12-38)26(40)23(15-19-7-3-2-4-8-19)37-27(41)36-22-17-20(28(30,31)32)16-21(18-22)29(33,34)35/h2-10,16-18,23H,11-15H2,1H3,(H2,36,37,41). The lowest BCUT2D eigenvalue weighted by molar-refractivity contribution is -0.143. The van der Waals surface area contributed by atoms with Crippen LogP contribution in [0.2, 0.25) is 0 Å². The van der Waals surface area contributed by atoms with Crippen LogP contribution in [0, 0.1) is 0 Å². The Bertz CT molecular complexity index is 1360. The maximum atomic E-state index is 13.6. The number of para-hydroxylation sites is 2. The van der Waals surface area contributed by atoms with Gasteiger partial charge in [-0.05, 0) is 35.9 Å². The largest absolute Gasteiger partial charge is 0.495 e. The van der Waals surface area contributed by atoms with Crippen LogP contribution >= 0.6 is 0 Å². The van der Waals surface area contributed by atoms with E-state index in [1.54, 1.807) is 42.3 Å². The summed E-state index contributed by atoms with van der Waals surface area (Å²) in [7, 11) is 1.56. The highest BCUT2D eigenvalue weighted by Crippen LogP contribution is 2.37. The van der Waals surface area contributed by atoms with E-state index >= 15 is 0 Å². The number of alkyl halides is 6.